The third kappa shape index (κ3) is 2.01. The van der Waals surface area contributed by atoms with Crippen LogP contribution in [-0.2, 0) is 6.61 Å². The van der Waals surface area contributed by atoms with Gasteiger partial charge in [-0.15, -0.1) is 0 Å². The molecule has 82 valence electrons. The standard InChI is InChI=1S/C12H13N3O/c1-8-2-4-9(5-3-8)12-14-6-10(7-16)11(13)15-12/h2-6,16H,7H2,1H3,(H2,13,14,15). The molecule has 3 N–H and O–H groups in total. The van der Waals surface area contributed by atoms with E-state index in [4.69, 9.17) is 10.8 Å². The molecule has 4 nitrogen and oxygen atoms in total. The van der Waals surface area contributed by atoms with Crippen LogP contribution in [0.15, 0.2) is 30.5 Å². The minimum atomic E-state index is -0.139. The van der Waals surface area contributed by atoms with Crippen LogP contribution >= 0.6 is 0 Å². The predicted molar refractivity (Wildman–Crippen MR) is 62.5 cm³/mol. The molecule has 0 atom stereocenters. The van der Waals surface area contributed by atoms with Crippen LogP contribution in [-0.4, -0.2) is 15.1 Å². The van der Waals surface area contributed by atoms with Crippen molar-refractivity contribution in [2.75, 3.05) is 5.73 Å². The second kappa shape index (κ2) is 4.28. The molecule has 0 bridgehead atoms. The van der Waals surface area contributed by atoms with Gasteiger partial charge in [0.1, 0.15) is 5.82 Å². The highest BCUT2D eigenvalue weighted by atomic mass is 16.3. The minimum Gasteiger partial charge on any atom is -0.391 e. The Morgan fingerprint density at radius 1 is 1.25 bits per heavy atom. The Kier molecular flexibility index (Phi) is 2.83. The van der Waals surface area contributed by atoms with Gasteiger partial charge in [-0.05, 0) is 6.92 Å². The molecule has 1 aromatic carbocycles. The van der Waals surface area contributed by atoms with Gasteiger partial charge in [0, 0.05) is 17.3 Å². The van der Waals surface area contributed by atoms with Crippen molar-refractivity contribution in [2.24, 2.45) is 0 Å². The molecule has 2 aromatic rings. The molecule has 2 rings (SSSR count). The number of aromatic nitrogens is 2. The van der Waals surface area contributed by atoms with Crippen molar-refractivity contribution in [2.45, 2.75) is 13.5 Å². The van der Waals surface area contributed by atoms with Gasteiger partial charge in [-0.2, -0.15) is 0 Å². The zero-order chi connectivity index (χ0) is 11.5. The van der Waals surface area contributed by atoms with Gasteiger partial charge in [-0.1, -0.05) is 29.8 Å². The molecule has 4 heteroatoms. The lowest BCUT2D eigenvalue weighted by Crippen LogP contribution is -2.01. The maximum atomic E-state index is 8.96. The van der Waals surface area contributed by atoms with E-state index in [0.717, 1.165) is 5.56 Å². The van der Waals surface area contributed by atoms with Crippen molar-refractivity contribution >= 4 is 5.82 Å². The van der Waals surface area contributed by atoms with Crippen molar-refractivity contribution in [3.63, 3.8) is 0 Å². The Morgan fingerprint density at radius 3 is 2.50 bits per heavy atom. The third-order valence-corrected chi connectivity index (χ3v) is 2.38. The van der Waals surface area contributed by atoms with Crippen molar-refractivity contribution in [1.29, 1.82) is 0 Å². The van der Waals surface area contributed by atoms with E-state index >= 15 is 0 Å². The molecular weight excluding hydrogens is 202 g/mol. The maximum Gasteiger partial charge on any atom is 0.161 e. The van der Waals surface area contributed by atoms with Gasteiger partial charge in [0.25, 0.3) is 0 Å². The number of aryl methyl sites for hydroxylation is 1. The molecule has 0 amide bonds. The van der Waals surface area contributed by atoms with Crippen LogP contribution < -0.4 is 5.73 Å². The van der Waals surface area contributed by atoms with E-state index in [9.17, 15) is 0 Å². The molecule has 0 saturated heterocycles. The highest BCUT2D eigenvalue weighted by Crippen LogP contribution is 2.17. The van der Waals surface area contributed by atoms with Crippen LogP contribution in [0.1, 0.15) is 11.1 Å². The number of benzene rings is 1. The summed E-state index contributed by atoms with van der Waals surface area (Å²) in [6.45, 7) is 1.88. The van der Waals surface area contributed by atoms with Gasteiger partial charge < -0.3 is 10.8 Å². The second-order valence-electron chi connectivity index (χ2n) is 3.63. The number of hydrogen-bond donors (Lipinski definition) is 2. The highest BCUT2D eigenvalue weighted by Gasteiger charge is 2.04. The molecule has 0 aliphatic heterocycles. The molecule has 0 aliphatic rings. The number of nitrogens with zero attached hydrogens (tertiary/aromatic N) is 2. The summed E-state index contributed by atoms with van der Waals surface area (Å²) < 4.78 is 0. The van der Waals surface area contributed by atoms with E-state index in [-0.39, 0.29) is 6.61 Å². The fourth-order valence-corrected chi connectivity index (χ4v) is 1.38. The Morgan fingerprint density at radius 2 is 1.94 bits per heavy atom. The zero-order valence-corrected chi connectivity index (χ0v) is 9.01. The molecule has 0 fully saturated rings. The lowest BCUT2D eigenvalue weighted by Gasteiger charge is -2.04. The van der Waals surface area contributed by atoms with E-state index in [1.165, 1.54) is 5.56 Å². The van der Waals surface area contributed by atoms with Crippen molar-refractivity contribution in [1.82, 2.24) is 9.97 Å². The summed E-state index contributed by atoms with van der Waals surface area (Å²) >= 11 is 0. The SMILES string of the molecule is Cc1ccc(-c2ncc(CO)c(N)n2)cc1. The van der Waals surface area contributed by atoms with Crippen LogP contribution in [0, 0.1) is 6.92 Å². The third-order valence-electron chi connectivity index (χ3n) is 2.38. The number of rotatable bonds is 2. The van der Waals surface area contributed by atoms with Gasteiger partial charge >= 0.3 is 0 Å². The largest absolute Gasteiger partial charge is 0.391 e. The molecule has 1 heterocycles. The Hall–Kier alpha value is -1.94. The number of nitrogens with two attached hydrogens (primary N) is 1. The first-order valence-electron chi connectivity index (χ1n) is 5.00. The van der Waals surface area contributed by atoms with E-state index in [1.54, 1.807) is 6.20 Å². The number of nitrogen functional groups attached to an aromatic ring is 1. The van der Waals surface area contributed by atoms with Gasteiger partial charge in [-0.25, -0.2) is 9.97 Å². The van der Waals surface area contributed by atoms with E-state index in [0.29, 0.717) is 17.2 Å². The smallest absolute Gasteiger partial charge is 0.161 e. The second-order valence-corrected chi connectivity index (χ2v) is 3.63. The van der Waals surface area contributed by atoms with E-state index in [1.807, 2.05) is 31.2 Å². The lowest BCUT2D eigenvalue weighted by molar-refractivity contribution is 0.281. The molecular formula is C12H13N3O. The average molecular weight is 215 g/mol. The summed E-state index contributed by atoms with van der Waals surface area (Å²) in [7, 11) is 0. The minimum absolute atomic E-state index is 0.139. The van der Waals surface area contributed by atoms with E-state index < -0.39 is 0 Å². The van der Waals surface area contributed by atoms with Crippen molar-refractivity contribution < 1.29 is 5.11 Å². The van der Waals surface area contributed by atoms with E-state index in [2.05, 4.69) is 9.97 Å². The Bertz CT molecular complexity index is 494. The fraction of sp³-hybridized carbons (Fsp3) is 0.167. The maximum absolute atomic E-state index is 8.96. The molecule has 0 saturated carbocycles. The normalized spacial score (nSPS) is 10.4. The van der Waals surface area contributed by atoms with Gasteiger partial charge in [0.2, 0.25) is 0 Å². The number of aliphatic hydroxyl groups excluding tert-OH is 1. The summed E-state index contributed by atoms with van der Waals surface area (Å²) in [5, 5.41) is 8.96. The molecule has 0 spiro atoms. The van der Waals surface area contributed by atoms with Gasteiger partial charge in [-0.3, -0.25) is 0 Å². The van der Waals surface area contributed by atoms with Gasteiger partial charge in [0.15, 0.2) is 5.82 Å². The topological polar surface area (TPSA) is 72.0 Å². The van der Waals surface area contributed by atoms with Crippen LogP contribution in [0.3, 0.4) is 0 Å². The quantitative estimate of drug-likeness (QED) is 0.796. The summed E-state index contributed by atoms with van der Waals surface area (Å²) in [6.07, 6.45) is 1.55. The molecule has 0 aliphatic carbocycles. The summed E-state index contributed by atoms with van der Waals surface area (Å²) in [4.78, 5) is 8.31. The molecule has 16 heavy (non-hydrogen) atoms. The first-order valence-corrected chi connectivity index (χ1v) is 5.00. The van der Waals surface area contributed by atoms with Gasteiger partial charge in [0.05, 0.1) is 6.61 Å². The first-order chi connectivity index (χ1) is 7.70. The monoisotopic (exact) mass is 215 g/mol. The number of anilines is 1. The molecule has 1 aromatic heterocycles. The van der Waals surface area contributed by atoms with Crippen molar-refractivity contribution in [3.05, 3.63) is 41.6 Å². The summed E-state index contributed by atoms with van der Waals surface area (Å²) in [6, 6.07) is 7.88. The predicted octanol–water partition coefficient (Wildman–Crippen LogP) is 1.53. The lowest BCUT2D eigenvalue weighted by atomic mass is 10.1. The fourth-order valence-electron chi connectivity index (χ4n) is 1.38. The van der Waals surface area contributed by atoms with Crippen LogP contribution in [0.2, 0.25) is 0 Å². The highest BCUT2D eigenvalue weighted by molar-refractivity contribution is 5.57. The molecule has 0 radical (unpaired) electrons. The summed E-state index contributed by atoms with van der Waals surface area (Å²) in [5.74, 6) is 0.905. The summed E-state index contributed by atoms with van der Waals surface area (Å²) in [5.41, 5.74) is 8.34. The van der Waals surface area contributed by atoms with Crippen LogP contribution in [0.25, 0.3) is 11.4 Å². The van der Waals surface area contributed by atoms with Crippen LogP contribution in [0.4, 0.5) is 5.82 Å². The first kappa shape index (κ1) is 10.6. The number of hydrogen-bond acceptors (Lipinski definition) is 4. The Labute approximate surface area is 93.8 Å². The molecule has 0 unspecified atom stereocenters. The Balaban J connectivity index is 2.41. The van der Waals surface area contributed by atoms with Crippen molar-refractivity contribution in [3.8, 4) is 11.4 Å². The van der Waals surface area contributed by atoms with Crippen LogP contribution in [0.5, 0.6) is 0 Å². The number of aliphatic hydroxyl groups is 1. The average Bonchev–Trinajstić information content (AvgIpc) is 2.30. The zero-order valence-electron chi connectivity index (χ0n) is 9.01.